The number of aliphatic hydroxyl groups excluding tert-OH is 1. The third-order valence-corrected chi connectivity index (χ3v) is 4.02. The minimum atomic E-state index is -0.572. The van der Waals surface area contributed by atoms with Gasteiger partial charge in [-0.1, -0.05) is 0 Å². The molecular weight excluding hydrogens is 354 g/mol. The third-order valence-electron chi connectivity index (χ3n) is 3.41. The number of piperazine rings is 1. The van der Waals surface area contributed by atoms with Crippen LogP contribution in [0.1, 0.15) is 18.0 Å². The minimum absolute atomic E-state index is 0. The smallest absolute Gasteiger partial charge is 0.145 e. The van der Waals surface area contributed by atoms with Crippen molar-refractivity contribution < 1.29 is 13.9 Å². The fourth-order valence-electron chi connectivity index (χ4n) is 2.47. The van der Waals surface area contributed by atoms with Gasteiger partial charge in [-0.2, -0.15) is 0 Å². The Labute approximate surface area is 131 Å². The molecule has 114 valence electrons. The zero-order chi connectivity index (χ0) is 13.8. The molecule has 1 heterocycles. The predicted octanol–water partition coefficient (Wildman–Crippen LogP) is 2.48. The van der Waals surface area contributed by atoms with Crippen LogP contribution in [0, 0.1) is 11.6 Å². The molecule has 1 aromatic rings. The standard InChI is InChI=1S/C13H17BrF2N2O.ClH/c14-9-1-2-10(15)12(13(9)16)11(3-8-19)18-6-4-17-5-7-18;/h1-2,11,17,19H,3-8H2;1H/t11-;/m1./s1. The summed E-state index contributed by atoms with van der Waals surface area (Å²) >= 11 is 3.09. The van der Waals surface area contributed by atoms with Gasteiger partial charge >= 0.3 is 0 Å². The Morgan fingerprint density at radius 3 is 2.55 bits per heavy atom. The Morgan fingerprint density at radius 1 is 1.30 bits per heavy atom. The number of halogens is 4. The molecule has 1 atom stereocenters. The van der Waals surface area contributed by atoms with E-state index in [-0.39, 0.29) is 29.1 Å². The van der Waals surface area contributed by atoms with Gasteiger partial charge in [-0.05, 0) is 34.5 Å². The van der Waals surface area contributed by atoms with Crippen molar-refractivity contribution in [3.05, 3.63) is 33.8 Å². The van der Waals surface area contributed by atoms with Crippen LogP contribution in [-0.2, 0) is 0 Å². The van der Waals surface area contributed by atoms with Gasteiger partial charge in [0.25, 0.3) is 0 Å². The molecule has 1 aliphatic heterocycles. The second kappa shape index (κ2) is 8.24. The first-order chi connectivity index (χ1) is 9.15. The van der Waals surface area contributed by atoms with E-state index < -0.39 is 17.7 Å². The molecule has 0 bridgehead atoms. The fourth-order valence-corrected chi connectivity index (χ4v) is 2.82. The molecule has 0 unspecified atom stereocenters. The van der Waals surface area contributed by atoms with Crippen molar-refractivity contribution in [3.8, 4) is 0 Å². The van der Waals surface area contributed by atoms with E-state index in [0.29, 0.717) is 6.42 Å². The molecule has 0 radical (unpaired) electrons. The minimum Gasteiger partial charge on any atom is -0.396 e. The van der Waals surface area contributed by atoms with Gasteiger partial charge in [-0.3, -0.25) is 4.90 Å². The van der Waals surface area contributed by atoms with Gasteiger partial charge in [0.1, 0.15) is 11.6 Å². The van der Waals surface area contributed by atoms with Crippen LogP contribution < -0.4 is 5.32 Å². The fraction of sp³-hybridized carbons (Fsp3) is 0.538. The number of hydrogen-bond acceptors (Lipinski definition) is 3. The summed E-state index contributed by atoms with van der Waals surface area (Å²) in [6.07, 6.45) is 0.324. The largest absolute Gasteiger partial charge is 0.396 e. The topological polar surface area (TPSA) is 35.5 Å². The zero-order valence-corrected chi connectivity index (χ0v) is 13.3. The second-order valence-electron chi connectivity index (χ2n) is 4.57. The lowest BCUT2D eigenvalue weighted by molar-refractivity contribution is 0.135. The van der Waals surface area contributed by atoms with Crippen LogP contribution in [0.25, 0.3) is 0 Å². The van der Waals surface area contributed by atoms with Crippen molar-refractivity contribution in [1.82, 2.24) is 10.2 Å². The first-order valence-corrected chi connectivity index (χ1v) is 7.13. The number of hydrogen-bond donors (Lipinski definition) is 2. The van der Waals surface area contributed by atoms with E-state index in [0.717, 1.165) is 26.2 Å². The Morgan fingerprint density at radius 2 is 1.95 bits per heavy atom. The molecule has 20 heavy (non-hydrogen) atoms. The summed E-state index contributed by atoms with van der Waals surface area (Å²) in [5, 5.41) is 12.4. The lowest BCUT2D eigenvalue weighted by Gasteiger charge is -2.35. The van der Waals surface area contributed by atoms with Crippen molar-refractivity contribution in [2.45, 2.75) is 12.5 Å². The van der Waals surface area contributed by atoms with Gasteiger partial charge in [0.2, 0.25) is 0 Å². The number of aliphatic hydroxyl groups is 1. The molecule has 0 amide bonds. The zero-order valence-electron chi connectivity index (χ0n) is 10.9. The predicted molar refractivity (Wildman–Crippen MR) is 80.2 cm³/mol. The summed E-state index contributed by atoms with van der Waals surface area (Å²) in [4.78, 5) is 2.01. The normalized spacial score (nSPS) is 17.6. The number of nitrogens with one attached hydrogen (secondary N) is 1. The summed E-state index contributed by atoms with van der Waals surface area (Å²) in [5.74, 6) is -1.13. The highest BCUT2D eigenvalue weighted by Gasteiger charge is 2.27. The lowest BCUT2D eigenvalue weighted by atomic mass is 10.00. The van der Waals surface area contributed by atoms with Crippen LogP contribution in [0.4, 0.5) is 8.78 Å². The first kappa shape index (κ1) is 17.8. The molecular formula is C13H18BrClF2N2O. The summed E-state index contributed by atoms with van der Waals surface area (Å²) in [6.45, 7) is 2.92. The molecule has 1 aromatic carbocycles. The van der Waals surface area contributed by atoms with Gasteiger partial charge in [-0.15, -0.1) is 12.4 Å². The van der Waals surface area contributed by atoms with Gasteiger partial charge in [-0.25, -0.2) is 8.78 Å². The summed E-state index contributed by atoms with van der Waals surface area (Å²) < 4.78 is 28.4. The molecule has 3 nitrogen and oxygen atoms in total. The summed E-state index contributed by atoms with van der Waals surface area (Å²) in [5.41, 5.74) is 0.0466. The van der Waals surface area contributed by atoms with E-state index in [9.17, 15) is 13.9 Å². The first-order valence-electron chi connectivity index (χ1n) is 6.34. The Hall–Kier alpha value is -0.270. The maximum absolute atomic E-state index is 14.2. The van der Waals surface area contributed by atoms with Gasteiger partial charge in [0.05, 0.1) is 4.47 Å². The van der Waals surface area contributed by atoms with Crippen molar-refractivity contribution in [2.24, 2.45) is 0 Å². The van der Waals surface area contributed by atoms with Crippen LogP contribution in [0.2, 0.25) is 0 Å². The third kappa shape index (κ3) is 3.89. The number of benzene rings is 1. The molecule has 0 aromatic heterocycles. The molecule has 1 aliphatic rings. The molecule has 2 rings (SSSR count). The van der Waals surface area contributed by atoms with Gasteiger partial charge < -0.3 is 10.4 Å². The molecule has 2 N–H and O–H groups in total. The van der Waals surface area contributed by atoms with Crippen molar-refractivity contribution in [1.29, 1.82) is 0 Å². The maximum atomic E-state index is 14.2. The summed E-state index contributed by atoms with van der Waals surface area (Å²) in [6, 6.07) is 2.20. The van der Waals surface area contributed by atoms with E-state index in [1.807, 2.05) is 4.90 Å². The molecule has 1 fully saturated rings. The highest BCUT2D eigenvalue weighted by atomic mass is 79.9. The average Bonchev–Trinajstić information content (AvgIpc) is 2.43. The Bertz CT molecular complexity index is 445. The maximum Gasteiger partial charge on any atom is 0.145 e. The van der Waals surface area contributed by atoms with Gasteiger partial charge in [0.15, 0.2) is 0 Å². The number of nitrogens with zero attached hydrogens (tertiary/aromatic N) is 1. The Kier molecular flexibility index (Phi) is 7.33. The van der Waals surface area contributed by atoms with Crippen molar-refractivity contribution >= 4 is 28.3 Å². The van der Waals surface area contributed by atoms with Crippen molar-refractivity contribution in [2.75, 3.05) is 32.8 Å². The monoisotopic (exact) mass is 370 g/mol. The van der Waals surface area contributed by atoms with Crippen LogP contribution >= 0.6 is 28.3 Å². The van der Waals surface area contributed by atoms with Crippen LogP contribution in [0.5, 0.6) is 0 Å². The lowest BCUT2D eigenvalue weighted by Crippen LogP contribution is -2.45. The quantitative estimate of drug-likeness (QED) is 0.798. The highest BCUT2D eigenvalue weighted by molar-refractivity contribution is 9.10. The molecule has 7 heteroatoms. The highest BCUT2D eigenvalue weighted by Crippen LogP contribution is 2.32. The molecule has 0 saturated carbocycles. The average molecular weight is 372 g/mol. The second-order valence-corrected chi connectivity index (χ2v) is 5.43. The molecule has 0 spiro atoms. The van der Waals surface area contributed by atoms with Crippen LogP contribution in [0.15, 0.2) is 16.6 Å². The van der Waals surface area contributed by atoms with E-state index >= 15 is 0 Å². The van der Waals surface area contributed by atoms with Crippen LogP contribution in [0.3, 0.4) is 0 Å². The van der Waals surface area contributed by atoms with E-state index in [1.165, 1.54) is 12.1 Å². The van der Waals surface area contributed by atoms with Crippen LogP contribution in [-0.4, -0.2) is 42.8 Å². The number of rotatable bonds is 4. The van der Waals surface area contributed by atoms with E-state index in [2.05, 4.69) is 21.2 Å². The van der Waals surface area contributed by atoms with E-state index in [1.54, 1.807) is 0 Å². The SMILES string of the molecule is Cl.OCC[C@H](c1c(F)ccc(Br)c1F)N1CCNCC1. The van der Waals surface area contributed by atoms with E-state index in [4.69, 9.17) is 0 Å². The summed E-state index contributed by atoms with van der Waals surface area (Å²) in [7, 11) is 0. The molecule has 0 aliphatic carbocycles. The van der Waals surface area contributed by atoms with Gasteiger partial charge in [0, 0.05) is 44.4 Å². The van der Waals surface area contributed by atoms with Crippen molar-refractivity contribution in [3.63, 3.8) is 0 Å². The Balaban J connectivity index is 0.00000200. The molecule has 1 saturated heterocycles.